The summed E-state index contributed by atoms with van der Waals surface area (Å²) in [5, 5.41) is 45.3. The number of carboxylic acid groups (broad SMARTS) is 5. The van der Waals surface area contributed by atoms with Gasteiger partial charge in [0.2, 0.25) is 11.9 Å². The highest BCUT2D eigenvalue weighted by Gasteiger charge is 2.36. The van der Waals surface area contributed by atoms with E-state index in [1.54, 1.807) is 75.1 Å². The molecule has 0 bridgehead atoms. The zero-order valence-corrected chi connectivity index (χ0v) is 79.9. The highest BCUT2D eigenvalue weighted by Crippen LogP contribution is 2.49. The van der Waals surface area contributed by atoms with Crippen LogP contribution in [0.1, 0.15) is 298 Å². The number of halogens is 6. The number of carboxylic acids is 5. The van der Waals surface area contributed by atoms with E-state index in [2.05, 4.69) is 215 Å². The van der Waals surface area contributed by atoms with Gasteiger partial charge in [0.15, 0.2) is 0 Å². The lowest BCUT2D eigenvalue weighted by Gasteiger charge is -2.31. The number of anilines is 10. The number of aromatic carboxylic acids is 5. The van der Waals surface area contributed by atoms with Crippen LogP contribution in [-0.4, -0.2) is 115 Å². The van der Waals surface area contributed by atoms with E-state index in [0.29, 0.717) is 53.3 Å². The minimum absolute atomic E-state index is 0.00494. The van der Waals surface area contributed by atoms with Crippen LogP contribution in [0.3, 0.4) is 0 Å². The Labute approximate surface area is 776 Å². The third-order valence-electron chi connectivity index (χ3n) is 22.3. The molecule has 6 aromatic carbocycles. The van der Waals surface area contributed by atoms with E-state index in [9.17, 15) is 55.4 Å². The third-order valence-corrected chi connectivity index (χ3v) is 22.3. The summed E-state index contributed by atoms with van der Waals surface area (Å²) >= 11 is 0. The number of benzene rings is 6. The molecule has 0 saturated heterocycles. The average molecular weight is 1830 g/mol. The van der Waals surface area contributed by atoms with Crippen molar-refractivity contribution in [3.8, 4) is 0 Å². The quantitative estimate of drug-likeness (QED) is 0.0299. The van der Waals surface area contributed by atoms with E-state index < -0.39 is 53.3 Å². The van der Waals surface area contributed by atoms with E-state index in [1.807, 2.05) is 38.1 Å². The number of pyridine rings is 3. The van der Waals surface area contributed by atoms with E-state index in [-0.39, 0.29) is 68.5 Å². The number of aromatic nitrogens is 7. The Hall–Kier alpha value is -13.1. The van der Waals surface area contributed by atoms with Crippen LogP contribution in [0.2, 0.25) is 0 Å². The normalized spacial score (nSPS) is 12.7. The molecular formula is C105H124F6N12O10. The van der Waals surface area contributed by atoms with Crippen molar-refractivity contribution in [3.63, 3.8) is 0 Å². The molecule has 0 radical (unpaired) electrons. The molecule has 5 N–H and O–H groups in total. The molecule has 0 unspecified atom stereocenters. The first-order valence-corrected chi connectivity index (χ1v) is 44.7. The molecule has 22 nitrogen and oxygen atoms in total. The fraction of sp³-hybridized carbons (Fsp3) is 0.390. The second-order valence-corrected chi connectivity index (χ2v) is 38.1. The molecule has 13 rings (SSSR count). The molecule has 0 aliphatic heterocycles. The van der Waals surface area contributed by atoms with Gasteiger partial charge in [-0.25, -0.2) is 58.9 Å². The fourth-order valence-corrected chi connectivity index (χ4v) is 15.2. The fourth-order valence-electron chi connectivity index (χ4n) is 15.2. The molecule has 2 saturated carbocycles. The largest absolute Gasteiger partial charge is 0.478 e. The van der Waals surface area contributed by atoms with Crippen LogP contribution in [0.5, 0.6) is 0 Å². The maximum Gasteiger partial charge on any atom is 0.416 e. The number of aryl methyl sites for hydroxylation is 4. The first kappa shape index (κ1) is 104. The van der Waals surface area contributed by atoms with Gasteiger partial charge in [0, 0.05) is 104 Å². The molecule has 11 aromatic rings. The summed E-state index contributed by atoms with van der Waals surface area (Å²) < 4.78 is 78.4. The minimum atomic E-state index is -4.46. The van der Waals surface area contributed by atoms with Crippen molar-refractivity contribution in [1.29, 1.82) is 0 Å². The van der Waals surface area contributed by atoms with Gasteiger partial charge in [-0.1, -0.05) is 145 Å². The topological polar surface area (TPSA) is 293 Å². The maximum absolute atomic E-state index is 13.1. The lowest BCUT2D eigenvalue weighted by atomic mass is 9.80. The van der Waals surface area contributed by atoms with Gasteiger partial charge in [-0.15, -0.1) is 0 Å². The minimum Gasteiger partial charge on any atom is -0.478 e. The Morgan fingerprint density at radius 1 is 0.361 bits per heavy atom. The van der Waals surface area contributed by atoms with E-state index in [1.165, 1.54) is 99.4 Å². The predicted octanol–water partition coefficient (Wildman–Crippen LogP) is 26.6. The summed E-state index contributed by atoms with van der Waals surface area (Å²) in [5.41, 5.74) is 15.8. The zero-order valence-electron chi connectivity index (χ0n) is 79.9. The molecule has 2 fully saturated rings. The molecule has 5 aromatic heterocycles. The lowest BCUT2D eigenvalue weighted by molar-refractivity contribution is -0.138. The average Bonchev–Trinajstić information content (AvgIpc) is 1.76. The van der Waals surface area contributed by atoms with Crippen molar-refractivity contribution in [2.45, 2.75) is 243 Å². The number of carbonyl (C=O) groups is 5. The summed E-state index contributed by atoms with van der Waals surface area (Å²) in [6, 6.07) is 44.0. The van der Waals surface area contributed by atoms with E-state index in [0.717, 1.165) is 102 Å². The number of rotatable bonds is 27. The van der Waals surface area contributed by atoms with E-state index in [4.69, 9.17) is 20.4 Å². The van der Waals surface area contributed by atoms with Gasteiger partial charge in [-0.05, 0) is 286 Å². The predicted molar refractivity (Wildman–Crippen MR) is 513 cm³/mol. The van der Waals surface area contributed by atoms with Crippen LogP contribution in [-0.2, 0) is 29.7 Å². The van der Waals surface area contributed by atoms with Crippen LogP contribution in [0.25, 0.3) is 0 Å². The highest BCUT2D eigenvalue weighted by molar-refractivity contribution is 5.90. The molecule has 0 amide bonds. The van der Waals surface area contributed by atoms with Crippen molar-refractivity contribution in [2.75, 3.05) is 37.6 Å². The monoisotopic (exact) mass is 1830 g/mol. The molecule has 706 valence electrons. The molecule has 2 aliphatic carbocycles. The summed E-state index contributed by atoms with van der Waals surface area (Å²) in [4.78, 5) is 94.4. The van der Waals surface area contributed by atoms with Crippen molar-refractivity contribution in [2.24, 2.45) is 11.8 Å². The van der Waals surface area contributed by atoms with Crippen molar-refractivity contribution in [3.05, 3.63) is 289 Å². The number of hydrogen-bond donors (Lipinski definition) is 5. The summed E-state index contributed by atoms with van der Waals surface area (Å²) in [6.07, 6.45) is 5.10. The maximum atomic E-state index is 13.1. The molecule has 0 spiro atoms. The Balaban J connectivity index is 0.000000187. The van der Waals surface area contributed by atoms with Gasteiger partial charge in [0.05, 0.1) is 38.9 Å². The first-order valence-electron chi connectivity index (χ1n) is 44.7. The van der Waals surface area contributed by atoms with Crippen LogP contribution < -0.4 is 24.5 Å². The smallest absolute Gasteiger partial charge is 0.416 e. The first-order chi connectivity index (χ1) is 62.2. The summed E-state index contributed by atoms with van der Waals surface area (Å²) in [7, 11) is 0. The Morgan fingerprint density at radius 3 is 1.07 bits per heavy atom. The SMILES string of the molecule is CC(C)(C)c1cc(N(Cc2ccccc2)c2ccc(C(=O)O)cn2)cc(C(C)(C)C)c1.Cc1cc(C2CC2)c(C(C)C)cc1N(CC(C)C)c1ccc(C(=O)O)cn1.Cc1cc(C2CC2)c(C(C)C)cc1N(c1ccc(C(=O)O)cn1)C(C)C.Cc1cc(N(CC(C)C)c2ncc(C(=O)O)cn2)cc(C(F)(F)F)c1.Cc1cc(N(c2ncc(C(=O)O)cn2)C(C)C)cc(C(F)(F)F)c1. The van der Waals surface area contributed by atoms with Gasteiger partial charge in [0.1, 0.15) is 17.5 Å². The van der Waals surface area contributed by atoms with Crippen molar-refractivity contribution < 1.29 is 75.8 Å². The molecule has 2 aliphatic rings. The second-order valence-electron chi connectivity index (χ2n) is 38.1. The van der Waals surface area contributed by atoms with Crippen LogP contribution in [0.15, 0.2) is 189 Å². The summed E-state index contributed by atoms with van der Waals surface area (Å²) in [5.74, 6) is 0.338. The molecule has 28 heteroatoms. The van der Waals surface area contributed by atoms with Gasteiger partial charge >= 0.3 is 42.2 Å². The van der Waals surface area contributed by atoms with Crippen molar-refractivity contribution >= 4 is 87.6 Å². The lowest BCUT2D eigenvalue weighted by Crippen LogP contribution is -2.28. The standard InChI is InChI=1S/C27H32N2O2.C23H30N2O2.C22H28N2O2.C17H18F3N3O2.C16H16F3N3O2/c1-26(2,3)21-14-22(27(4,5)6)16-23(15-21)29(18-19-10-8-7-9-11-19)24-13-12-20(17-28-24)25(30)31;1-14(2)13-25(22-9-8-18(12-24-22)23(26)27)21-11-19(15(3)4)20(10-16(21)5)17-6-7-17;1-13(2)18-11-20(15(5)10-19(18)16-6-7-16)24(14(3)4)21-9-8-17(12-23-21)22(25)26;1-10(2)9-23(16-21-7-12(8-22-16)15(24)25)14-5-11(3)4-13(6-14)17(18,19)20;1-9(2)22(15-20-7-11(8-21-15)14(23)24)13-5-10(3)4-12(6-13)16(17,18)19/h7-17H,18H2,1-6H3,(H,30,31);8-12,14-15,17H,6-7,13H2,1-5H3,(H,26,27);8-14,16H,6-7H2,1-5H3,(H,25,26);4-8,10H,9H2,1-3H3,(H,24,25);4-9H,1-3H3,(H,23,24). The molecule has 133 heavy (non-hydrogen) atoms. The Morgan fingerprint density at radius 2 is 0.707 bits per heavy atom. The van der Waals surface area contributed by atoms with Crippen LogP contribution in [0, 0.1) is 39.5 Å². The molecule has 0 atom stereocenters. The van der Waals surface area contributed by atoms with Gasteiger partial charge in [-0.3, -0.25) is 0 Å². The molecular weight excluding hydrogens is 1700 g/mol. The Kier molecular flexibility index (Phi) is 34.2. The zero-order chi connectivity index (χ0) is 98.4. The van der Waals surface area contributed by atoms with Gasteiger partial charge in [-0.2, -0.15) is 26.3 Å². The summed E-state index contributed by atoms with van der Waals surface area (Å²) in [6.45, 7) is 47.7. The number of alkyl halides is 6. The number of nitrogens with zero attached hydrogens (tertiary/aromatic N) is 12. The van der Waals surface area contributed by atoms with Crippen molar-refractivity contribution in [1.82, 2.24) is 34.9 Å². The third kappa shape index (κ3) is 28.4. The van der Waals surface area contributed by atoms with Crippen LogP contribution in [0.4, 0.5) is 84.1 Å². The van der Waals surface area contributed by atoms with Gasteiger partial charge in [0.25, 0.3) is 0 Å². The Bertz CT molecular complexity index is 5800. The highest BCUT2D eigenvalue weighted by atomic mass is 19.4. The number of hydrogen-bond acceptors (Lipinski definition) is 17. The van der Waals surface area contributed by atoms with Crippen LogP contribution >= 0.6 is 0 Å². The second kappa shape index (κ2) is 43.9. The van der Waals surface area contributed by atoms with E-state index >= 15 is 0 Å². The van der Waals surface area contributed by atoms with Gasteiger partial charge < -0.3 is 50.0 Å². The molecule has 5 heterocycles.